The SMILES string of the molecule is CCCC1CCCCN1CCNCc1ccc(Cl)s1. The molecule has 1 aromatic rings. The van der Waals surface area contributed by atoms with Gasteiger partial charge in [-0.2, -0.15) is 0 Å². The second kappa shape index (κ2) is 8.25. The first-order valence-corrected chi connectivity index (χ1v) is 8.68. The monoisotopic (exact) mass is 300 g/mol. The van der Waals surface area contributed by atoms with E-state index in [0.29, 0.717) is 0 Å². The van der Waals surface area contributed by atoms with Crippen molar-refractivity contribution < 1.29 is 0 Å². The van der Waals surface area contributed by atoms with Gasteiger partial charge in [-0.1, -0.05) is 31.4 Å². The lowest BCUT2D eigenvalue weighted by atomic mass is 9.98. The Morgan fingerprint density at radius 3 is 3.05 bits per heavy atom. The fourth-order valence-electron chi connectivity index (χ4n) is 2.90. The number of thiophene rings is 1. The van der Waals surface area contributed by atoms with Crippen LogP contribution in [-0.4, -0.2) is 30.6 Å². The van der Waals surface area contributed by atoms with E-state index in [4.69, 9.17) is 11.6 Å². The zero-order valence-electron chi connectivity index (χ0n) is 11.8. The quantitative estimate of drug-likeness (QED) is 0.761. The molecule has 0 saturated carbocycles. The summed E-state index contributed by atoms with van der Waals surface area (Å²) in [4.78, 5) is 4.01. The van der Waals surface area contributed by atoms with Gasteiger partial charge in [0.25, 0.3) is 0 Å². The van der Waals surface area contributed by atoms with E-state index in [1.807, 2.05) is 6.07 Å². The summed E-state index contributed by atoms with van der Waals surface area (Å²) in [7, 11) is 0. The second-order valence-electron chi connectivity index (χ2n) is 5.36. The highest BCUT2D eigenvalue weighted by Crippen LogP contribution is 2.21. The summed E-state index contributed by atoms with van der Waals surface area (Å²) in [6.07, 6.45) is 6.86. The molecule has 4 heteroatoms. The van der Waals surface area contributed by atoms with Gasteiger partial charge < -0.3 is 5.32 Å². The minimum Gasteiger partial charge on any atom is -0.311 e. The molecule has 1 unspecified atom stereocenters. The van der Waals surface area contributed by atoms with E-state index in [-0.39, 0.29) is 0 Å². The van der Waals surface area contributed by atoms with Gasteiger partial charge in [0.1, 0.15) is 0 Å². The molecule has 0 radical (unpaired) electrons. The van der Waals surface area contributed by atoms with Crippen LogP contribution >= 0.6 is 22.9 Å². The topological polar surface area (TPSA) is 15.3 Å². The number of hydrogen-bond acceptors (Lipinski definition) is 3. The molecule has 1 aliphatic rings. The fraction of sp³-hybridized carbons (Fsp3) is 0.733. The molecular weight excluding hydrogens is 276 g/mol. The largest absolute Gasteiger partial charge is 0.311 e. The number of hydrogen-bond donors (Lipinski definition) is 1. The Morgan fingerprint density at radius 2 is 2.32 bits per heavy atom. The molecule has 2 nitrogen and oxygen atoms in total. The number of piperidine rings is 1. The first kappa shape index (κ1) is 15.3. The van der Waals surface area contributed by atoms with Gasteiger partial charge in [0.15, 0.2) is 0 Å². The predicted molar refractivity (Wildman–Crippen MR) is 85.2 cm³/mol. The summed E-state index contributed by atoms with van der Waals surface area (Å²) in [6.45, 7) is 6.80. The van der Waals surface area contributed by atoms with Gasteiger partial charge in [0, 0.05) is 30.6 Å². The first-order chi connectivity index (χ1) is 9.29. The number of likely N-dealkylation sites (tertiary alicyclic amines) is 1. The fourth-order valence-corrected chi connectivity index (χ4v) is 3.95. The van der Waals surface area contributed by atoms with Gasteiger partial charge in [-0.15, -0.1) is 11.3 Å². The van der Waals surface area contributed by atoms with Crippen LogP contribution in [-0.2, 0) is 6.54 Å². The molecule has 108 valence electrons. The zero-order chi connectivity index (χ0) is 13.5. The second-order valence-corrected chi connectivity index (χ2v) is 7.16. The van der Waals surface area contributed by atoms with E-state index in [0.717, 1.165) is 23.5 Å². The number of nitrogens with zero attached hydrogens (tertiary/aromatic N) is 1. The molecule has 1 fully saturated rings. The molecule has 19 heavy (non-hydrogen) atoms. The molecule has 2 heterocycles. The Bertz CT molecular complexity index is 365. The van der Waals surface area contributed by atoms with Crippen molar-refractivity contribution in [3.63, 3.8) is 0 Å². The number of nitrogens with one attached hydrogen (secondary N) is 1. The summed E-state index contributed by atoms with van der Waals surface area (Å²) in [6, 6.07) is 4.92. The van der Waals surface area contributed by atoms with E-state index in [2.05, 4.69) is 23.2 Å². The van der Waals surface area contributed by atoms with Gasteiger partial charge in [-0.25, -0.2) is 0 Å². The molecule has 1 saturated heterocycles. The summed E-state index contributed by atoms with van der Waals surface area (Å²) < 4.78 is 0.885. The Morgan fingerprint density at radius 1 is 1.42 bits per heavy atom. The van der Waals surface area contributed by atoms with Gasteiger partial charge in [0.2, 0.25) is 0 Å². The Balaban J connectivity index is 1.66. The van der Waals surface area contributed by atoms with Crippen LogP contribution in [0.5, 0.6) is 0 Å². The zero-order valence-corrected chi connectivity index (χ0v) is 13.4. The van der Waals surface area contributed by atoms with Crippen molar-refractivity contribution in [3.05, 3.63) is 21.3 Å². The van der Waals surface area contributed by atoms with E-state index in [1.54, 1.807) is 11.3 Å². The minimum absolute atomic E-state index is 0.830. The molecular formula is C15H25ClN2S. The van der Waals surface area contributed by atoms with Crippen molar-refractivity contribution in [1.29, 1.82) is 0 Å². The van der Waals surface area contributed by atoms with E-state index < -0.39 is 0 Å². The first-order valence-electron chi connectivity index (χ1n) is 7.48. The van der Waals surface area contributed by atoms with Crippen molar-refractivity contribution in [1.82, 2.24) is 10.2 Å². The van der Waals surface area contributed by atoms with Crippen LogP contribution < -0.4 is 5.32 Å². The highest BCUT2D eigenvalue weighted by Gasteiger charge is 2.20. The van der Waals surface area contributed by atoms with Gasteiger partial charge in [-0.05, 0) is 37.9 Å². The van der Waals surface area contributed by atoms with E-state index in [9.17, 15) is 0 Å². The van der Waals surface area contributed by atoms with Crippen molar-refractivity contribution in [2.45, 2.75) is 51.6 Å². The smallest absolute Gasteiger partial charge is 0.0931 e. The normalized spacial score (nSPS) is 20.8. The summed E-state index contributed by atoms with van der Waals surface area (Å²) in [5, 5.41) is 3.54. The molecule has 1 aromatic heterocycles. The van der Waals surface area contributed by atoms with Crippen LogP contribution in [0.25, 0.3) is 0 Å². The molecule has 1 N–H and O–H groups in total. The molecule has 2 rings (SSSR count). The maximum Gasteiger partial charge on any atom is 0.0931 e. The van der Waals surface area contributed by atoms with Gasteiger partial charge >= 0.3 is 0 Å². The van der Waals surface area contributed by atoms with Crippen LogP contribution in [0.2, 0.25) is 4.34 Å². The Kier molecular flexibility index (Phi) is 6.65. The molecule has 1 atom stereocenters. The van der Waals surface area contributed by atoms with E-state index in [1.165, 1.54) is 50.1 Å². The average molecular weight is 301 g/mol. The van der Waals surface area contributed by atoms with Crippen LogP contribution in [0, 0.1) is 0 Å². The lowest BCUT2D eigenvalue weighted by Gasteiger charge is -2.35. The van der Waals surface area contributed by atoms with E-state index >= 15 is 0 Å². The number of halogens is 1. The molecule has 0 amide bonds. The van der Waals surface area contributed by atoms with Crippen molar-refractivity contribution >= 4 is 22.9 Å². The highest BCUT2D eigenvalue weighted by atomic mass is 35.5. The van der Waals surface area contributed by atoms with Crippen molar-refractivity contribution in [3.8, 4) is 0 Å². The summed E-state index contributed by atoms with van der Waals surface area (Å²) >= 11 is 7.60. The molecule has 0 aromatic carbocycles. The summed E-state index contributed by atoms with van der Waals surface area (Å²) in [5.41, 5.74) is 0. The molecule has 1 aliphatic heterocycles. The maximum atomic E-state index is 5.93. The minimum atomic E-state index is 0.830. The lowest BCUT2D eigenvalue weighted by Crippen LogP contribution is -2.42. The third-order valence-electron chi connectivity index (χ3n) is 3.87. The summed E-state index contributed by atoms with van der Waals surface area (Å²) in [5.74, 6) is 0. The maximum absolute atomic E-state index is 5.93. The Hall–Kier alpha value is -0.0900. The number of rotatable bonds is 7. The van der Waals surface area contributed by atoms with Crippen LogP contribution in [0.1, 0.15) is 43.9 Å². The third kappa shape index (κ3) is 5.07. The predicted octanol–water partition coefficient (Wildman–Crippen LogP) is 4.15. The standard InChI is InChI=1S/C15H25ClN2S/c1-2-5-13-6-3-4-10-18(13)11-9-17-12-14-7-8-15(16)19-14/h7-8,13,17H,2-6,9-12H2,1H3. The average Bonchev–Trinajstić information content (AvgIpc) is 2.83. The highest BCUT2D eigenvalue weighted by molar-refractivity contribution is 7.16. The molecule has 0 aliphatic carbocycles. The van der Waals surface area contributed by atoms with Crippen LogP contribution in [0.15, 0.2) is 12.1 Å². The molecule has 0 spiro atoms. The van der Waals surface area contributed by atoms with Gasteiger partial charge in [-0.3, -0.25) is 4.90 Å². The van der Waals surface area contributed by atoms with Crippen LogP contribution in [0.3, 0.4) is 0 Å². The van der Waals surface area contributed by atoms with Crippen molar-refractivity contribution in [2.24, 2.45) is 0 Å². The molecule has 0 bridgehead atoms. The lowest BCUT2D eigenvalue weighted by molar-refractivity contribution is 0.140. The van der Waals surface area contributed by atoms with Crippen molar-refractivity contribution in [2.75, 3.05) is 19.6 Å². The third-order valence-corrected chi connectivity index (χ3v) is 5.11. The van der Waals surface area contributed by atoms with Gasteiger partial charge in [0.05, 0.1) is 4.34 Å². The van der Waals surface area contributed by atoms with Crippen LogP contribution in [0.4, 0.5) is 0 Å². The Labute approximate surface area is 126 Å².